The molecule has 1 amide bonds. The van der Waals surface area contributed by atoms with Crippen molar-refractivity contribution in [3.63, 3.8) is 0 Å². The molecule has 1 aromatic carbocycles. The van der Waals surface area contributed by atoms with Crippen LogP contribution in [0.1, 0.15) is 30.7 Å². The highest BCUT2D eigenvalue weighted by Crippen LogP contribution is 2.56. The molecule has 23 heavy (non-hydrogen) atoms. The second kappa shape index (κ2) is 6.64. The number of carbonyl (C=O) groups is 1. The topological polar surface area (TPSA) is 20.3 Å². The first-order chi connectivity index (χ1) is 11.0. The molecule has 1 heterocycles. The molecule has 0 N–H and O–H groups in total. The van der Waals surface area contributed by atoms with Gasteiger partial charge >= 0.3 is 0 Å². The van der Waals surface area contributed by atoms with E-state index >= 15 is 0 Å². The summed E-state index contributed by atoms with van der Waals surface area (Å²) in [5.74, 6) is 1.35. The van der Waals surface area contributed by atoms with Gasteiger partial charge in [-0.3, -0.25) is 4.79 Å². The van der Waals surface area contributed by atoms with Crippen molar-refractivity contribution in [2.45, 2.75) is 44.8 Å². The number of benzene rings is 1. The first-order valence-corrected chi connectivity index (χ1v) is 12.6. The van der Waals surface area contributed by atoms with Crippen LogP contribution in [0.15, 0.2) is 42.1 Å². The van der Waals surface area contributed by atoms with Crippen molar-refractivity contribution in [2.24, 2.45) is 11.8 Å². The van der Waals surface area contributed by atoms with Crippen LogP contribution in [-0.2, 0) is 4.79 Å². The largest absolute Gasteiger partial charge is 0.342 e. The van der Waals surface area contributed by atoms with Crippen LogP contribution in [0.3, 0.4) is 0 Å². The molecule has 0 radical (unpaired) electrons. The van der Waals surface area contributed by atoms with Gasteiger partial charge in [0.05, 0.1) is 14.0 Å². The Bertz CT molecular complexity index is 569. The van der Waals surface area contributed by atoms with Crippen LogP contribution in [0.2, 0.25) is 19.6 Å². The Balaban J connectivity index is 1.78. The third kappa shape index (κ3) is 3.95. The van der Waals surface area contributed by atoms with Gasteiger partial charge in [-0.1, -0.05) is 61.7 Å². The third-order valence-corrected chi connectivity index (χ3v) is 6.22. The summed E-state index contributed by atoms with van der Waals surface area (Å²) in [7, 11) is -1.22. The number of likely N-dealkylation sites (tertiary alicyclic amines) is 1. The molecule has 2 aliphatic rings. The minimum Gasteiger partial charge on any atom is -0.342 e. The lowest BCUT2D eigenvalue weighted by atomic mass is 10.1. The van der Waals surface area contributed by atoms with E-state index in [4.69, 9.17) is 0 Å². The zero-order valence-corrected chi connectivity index (χ0v) is 15.7. The molecule has 3 rings (SSSR count). The first-order valence-electron chi connectivity index (χ1n) is 9.00. The summed E-state index contributed by atoms with van der Waals surface area (Å²) in [6.07, 6.45) is 5.97. The lowest BCUT2D eigenvalue weighted by Gasteiger charge is -2.27. The van der Waals surface area contributed by atoms with E-state index in [9.17, 15) is 4.79 Å². The molecular weight excluding hydrogens is 298 g/mol. The van der Waals surface area contributed by atoms with Gasteiger partial charge in [0.1, 0.15) is 0 Å². The number of hydrogen-bond acceptors (Lipinski definition) is 1. The summed E-state index contributed by atoms with van der Waals surface area (Å²) in [5, 5.41) is 0. The van der Waals surface area contributed by atoms with Crippen molar-refractivity contribution in [2.75, 3.05) is 13.1 Å². The monoisotopic (exact) mass is 327 g/mol. The highest BCUT2D eigenvalue weighted by Gasteiger charge is 2.55. The fourth-order valence-corrected chi connectivity index (χ4v) is 4.52. The van der Waals surface area contributed by atoms with Gasteiger partial charge in [0.25, 0.3) is 0 Å². The average molecular weight is 328 g/mol. The summed E-state index contributed by atoms with van der Waals surface area (Å²) >= 11 is 0. The maximum Gasteiger partial charge on any atom is 0.226 e. The molecule has 0 bridgehead atoms. The van der Waals surface area contributed by atoms with E-state index in [1.165, 1.54) is 24.8 Å². The molecule has 1 aliphatic carbocycles. The molecule has 3 heteroatoms. The molecule has 2 fully saturated rings. The molecule has 1 saturated carbocycles. The van der Waals surface area contributed by atoms with E-state index in [2.05, 4.69) is 66.6 Å². The standard InChI is InChI=1S/C20H29NOSi/c1-23(2,3)15-12-17-18(16-10-6-4-7-11-16)19(17)20(22)21-13-8-5-9-14-21/h4,6-7,10-12,15,17-19H,5,8-9,13-14H2,1-3H3/b15-12+/t17-,18+,19+/m1/s1. The van der Waals surface area contributed by atoms with E-state index in [1.807, 2.05) is 0 Å². The lowest BCUT2D eigenvalue weighted by molar-refractivity contribution is -0.133. The van der Waals surface area contributed by atoms with Crippen LogP contribution >= 0.6 is 0 Å². The molecule has 1 saturated heterocycles. The Morgan fingerprint density at radius 1 is 1.09 bits per heavy atom. The Labute approximate surface area is 141 Å². The summed E-state index contributed by atoms with van der Waals surface area (Å²) in [5.41, 5.74) is 3.74. The smallest absolute Gasteiger partial charge is 0.226 e. The predicted molar refractivity (Wildman–Crippen MR) is 99.1 cm³/mol. The summed E-state index contributed by atoms with van der Waals surface area (Å²) in [4.78, 5) is 15.1. The van der Waals surface area contributed by atoms with Gasteiger partial charge in [-0.2, -0.15) is 0 Å². The van der Waals surface area contributed by atoms with Crippen LogP contribution in [-0.4, -0.2) is 32.0 Å². The minimum absolute atomic E-state index is 0.170. The number of hydrogen-bond donors (Lipinski definition) is 0. The van der Waals surface area contributed by atoms with Crippen molar-refractivity contribution in [1.82, 2.24) is 4.90 Å². The van der Waals surface area contributed by atoms with Gasteiger partial charge in [0.15, 0.2) is 0 Å². The second-order valence-corrected chi connectivity index (χ2v) is 13.2. The van der Waals surface area contributed by atoms with Gasteiger partial charge in [0, 0.05) is 19.0 Å². The van der Waals surface area contributed by atoms with Gasteiger partial charge in [-0.25, -0.2) is 0 Å². The van der Waals surface area contributed by atoms with Crippen molar-refractivity contribution >= 4 is 14.0 Å². The Hall–Kier alpha value is -1.35. The number of carbonyl (C=O) groups excluding carboxylic acids is 1. The lowest BCUT2D eigenvalue weighted by Crippen LogP contribution is -2.37. The zero-order chi connectivity index (χ0) is 16.4. The molecule has 1 aromatic rings. The molecule has 0 spiro atoms. The molecule has 1 aliphatic heterocycles. The number of amides is 1. The van der Waals surface area contributed by atoms with Crippen LogP contribution in [0.4, 0.5) is 0 Å². The summed E-state index contributed by atoms with van der Waals surface area (Å²) < 4.78 is 0. The molecule has 2 nitrogen and oxygen atoms in total. The SMILES string of the molecule is C[Si](C)(C)/C=C/[C@H]1[C@H](C(=O)N2CCCCC2)[C@H]1c1ccccc1. The number of piperidine rings is 1. The molecule has 0 aromatic heterocycles. The van der Waals surface area contributed by atoms with E-state index in [0.717, 1.165) is 13.1 Å². The normalized spacial score (nSPS) is 28.1. The van der Waals surface area contributed by atoms with Crippen LogP contribution in [0, 0.1) is 11.8 Å². The number of allylic oxidation sites excluding steroid dienone is 1. The van der Waals surface area contributed by atoms with E-state index in [0.29, 0.717) is 17.7 Å². The molecule has 124 valence electrons. The first kappa shape index (κ1) is 16.5. The fourth-order valence-electron chi connectivity index (χ4n) is 3.72. The third-order valence-electron chi connectivity index (χ3n) is 5.03. The quantitative estimate of drug-likeness (QED) is 0.748. The Morgan fingerprint density at radius 3 is 2.35 bits per heavy atom. The predicted octanol–water partition coefficient (Wildman–Crippen LogP) is 4.46. The number of rotatable bonds is 4. The van der Waals surface area contributed by atoms with E-state index in [-0.39, 0.29) is 5.92 Å². The number of nitrogens with zero attached hydrogens (tertiary/aromatic N) is 1. The average Bonchev–Trinajstić information content (AvgIpc) is 3.27. The second-order valence-electron chi connectivity index (χ2n) is 8.15. The summed E-state index contributed by atoms with van der Waals surface area (Å²) in [6.45, 7) is 8.98. The van der Waals surface area contributed by atoms with Crippen molar-refractivity contribution in [3.05, 3.63) is 47.7 Å². The zero-order valence-electron chi connectivity index (χ0n) is 14.7. The Morgan fingerprint density at radius 2 is 1.74 bits per heavy atom. The van der Waals surface area contributed by atoms with Gasteiger partial charge in [-0.15, -0.1) is 0 Å². The highest BCUT2D eigenvalue weighted by atomic mass is 28.3. The summed E-state index contributed by atoms with van der Waals surface area (Å²) in [6, 6.07) is 10.6. The van der Waals surface area contributed by atoms with Crippen molar-refractivity contribution < 1.29 is 4.79 Å². The maximum absolute atomic E-state index is 13.0. The van der Waals surface area contributed by atoms with E-state index < -0.39 is 8.07 Å². The van der Waals surface area contributed by atoms with E-state index in [1.54, 1.807) is 0 Å². The van der Waals surface area contributed by atoms with Crippen LogP contribution in [0.5, 0.6) is 0 Å². The highest BCUT2D eigenvalue weighted by molar-refractivity contribution is 6.80. The van der Waals surface area contributed by atoms with Gasteiger partial charge in [-0.05, 0) is 30.7 Å². The fraction of sp³-hybridized carbons (Fsp3) is 0.550. The molecule has 3 atom stereocenters. The van der Waals surface area contributed by atoms with Gasteiger partial charge in [0.2, 0.25) is 5.91 Å². The van der Waals surface area contributed by atoms with Crippen molar-refractivity contribution in [3.8, 4) is 0 Å². The van der Waals surface area contributed by atoms with Crippen molar-refractivity contribution in [1.29, 1.82) is 0 Å². The Kier molecular flexibility index (Phi) is 4.76. The van der Waals surface area contributed by atoms with Crippen LogP contribution < -0.4 is 0 Å². The minimum atomic E-state index is -1.22. The maximum atomic E-state index is 13.0. The van der Waals surface area contributed by atoms with Crippen LogP contribution in [0.25, 0.3) is 0 Å². The molecular formula is C20H29NOSi. The van der Waals surface area contributed by atoms with Gasteiger partial charge < -0.3 is 4.90 Å². The molecule has 0 unspecified atom stereocenters.